The molecule has 4 N–H and O–H groups in total. The van der Waals surface area contributed by atoms with Crippen molar-refractivity contribution in [1.29, 1.82) is 0 Å². The fourth-order valence-corrected chi connectivity index (χ4v) is 4.53. The highest BCUT2D eigenvalue weighted by atomic mass is 16.6. The highest BCUT2D eigenvalue weighted by molar-refractivity contribution is 5.86. The third-order valence-corrected chi connectivity index (χ3v) is 7.22. The Kier molecular flexibility index (Phi) is 12.8. The normalized spacial score (nSPS) is 20.4. The molecule has 0 fully saturated rings. The van der Waals surface area contributed by atoms with E-state index in [0.717, 1.165) is 11.1 Å². The molecule has 0 saturated carbocycles. The van der Waals surface area contributed by atoms with E-state index in [1.165, 1.54) is 0 Å². The molecule has 0 bridgehead atoms. The second-order valence-electron chi connectivity index (χ2n) is 11.8. The largest absolute Gasteiger partial charge is 0.462 e. The van der Waals surface area contributed by atoms with Gasteiger partial charge in [0.2, 0.25) is 11.8 Å². The molecule has 232 valence electrons. The summed E-state index contributed by atoms with van der Waals surface area (Å²) in [5.41, 5.74) is 1.31. The number of esters is 1. The number of aliphatic hydroxyl groups is 1. The fraction of sp³-hybridized carbons (Fsp3) is 0.455. The lowest BCUT2D eigenvalue weighted by Crippen LogP contribution is -2.51. The highest BCUT2D eigenvalue weighted by Crippen LogP contribution is 2.22. The van der Waals surface area contributed by atoms with Crippen LogP contribution in [0.25, 0.3) is 0 Å². The van der Waals surface area contributed by atoms with Crippen molar-refractivity contribution >= 4 is 23.9 Å². The van der Waals surface area contributed by atoms with Gasteiger partial charge in [0.1, 0.15) is 19.3 Å². The van der Waals surface area contributed by atoms with Crippen LogP contribution in [0.15, 0.2) is 72.8 Å². The Morgan fingerprint density at radius 3 is 2.26 bits per heavy atom. The summed E-state index contributed by atoms with van der Waals surface area (Å²) in [6.45, 7) is 5.42. The first-order chi connectivity index (χ1) is 20.5. The van der Waals surface area contributed by atoms with Crippen LogP contribution in [0.3, 0.4) is 0 Å². The number of alkyl carbamates (subject to hydrolysis) is 1. The molecule has 3 amide bonds. The molecule has 1 aliphatic rings. The minimum absolute atomic E-state index is 0.0502. The first-order valence-electron chi connectivity index (χ1n) is 14.6. The lowest BCUT2D eigenvalue weighted by atomic mass is 9.86. The summed E-state index contributed by atoms with van der Waals surface area (Å²) in [5.74, 6) is -2.03. The van der Waals surface area contributed by atoms with Gasteiger partial charge in [0.15, 0.2) is 0 Å². The number of cyclic esters (lactones) is 1. The average Bonchev–Trinajstić information content (AvgIpc) is 2.98. The smallest absolute Gasteiger partial charge is 0.408 e. The quantitative estimate of drug-likeness (QED) is 0.258. The summed E-state index contributed by atoms with van der Waals surface area (Å²) in [6.07, 6.45) is 3.36. The number of hydrogen-bond acceptors (Lipinski definition) is 7. The van der Waals surface area contributed by atoms with E-state index in [4.69, 9.17) is 9.47 Å². The summed E-state index contributed by atoms with van der Waals surface area (Å²) < 4.78 is 10.8. The third kappa shape index (κ3) is 11.5. The van der Waals surface area contributed by atoms with Crippen LogP contribution in [0.4, 0.5) is 4.79 Å². The van der Waals surface area contributed by atoms with Crippen molar-refractivity contribution in [2.75, 3.05) is 13.2 Å². The topological polar surface area (TPSA) is 143 Å². The van der Waals surface area contributed by atoms with Gasteiger partial charge >= 0.3 is 12.1 Å². The Hall–Kier alpha value is -4.18. The number of hydrogen-bond donors (Lipinski definition) is 4. The van der Waals surface area contributed by atoms with Crippen LogP contribution >= 0.6 is 0 Å². The number of carbonyl (C=O) groups is 4. The predicted molar refractivity (Wildman–Crippen MR) is 162 cm³/mol. The van der Waals surface area contributed by atoms with Crippen LogP contribution in [-0.4, -0.2) is 60.3 Å². The van der Waals surface area contributed by atoms with Crippen LogP contribution in [0.1, 0.15) is 51.2 Å². The van der Waals surface area contributed by atoms with E-state index in [0.29, 0.717) is 6.42 Å². The van der Waals surface area contributed by atoms with E-state index >= 15 is 0 Å². The number of benzene rings is 2. The molecule has 0 spiro atoms. The van der Waals surface area contributed by atoms with Crippen molar-refractivity contribution in [3.8, 4) is 0 Å². The summed E-state index contributed by atoms with van der Waals surface area (Å²) in [5, 5.41) is 18.2. The summed E-state index contributed by atoms with van der Waals surface area (Å²) >= 11 is 0. The van der Waals surface area contributed by atoms with Crippen molar-refractivity contribution in [2.24, 2.45) is 11.3 Å². The van der Waals surface area contributed by atoms with Gasteiger partial charge in [0, 0.05) is 6.42 Å². The monoisotopic (exact) mass is 593 g/mol. The van der Waals surface area contributed by atoms with Gasteiger partial charge in [-0.05, 0) is 35.8 Å². The van der Waals surface area contributed by atoms with Gasteiger partial charge in [0.25, 0.3) is 0 Å². The molecule has 10 heteroatoms. The molecule has 0 radical (unpaired) electrons. The molecule has 4 atom stereocenters. The molecule has 43 heavy (non-hydrogen) atoms. The molecule has 2 aromatic rings. The molecule has 0 unspecified atom stereocenters. The van der Waals surface area contributed by atoms with Crippen LogP contribution in [0.5, 0.6) is 0 Å². The molecule has 2 aromatic carbocycles. The van der Waals surface area contributed by atoms with Crippen LogP contribution in [-0.2, 0) is 36.9 Å². The van der Waals surface area contributed by atoms with Crippen molar-refractivity contribution in [1.82, 2.24) is 16.0 Å². The standard InChI is InChI=1S/C33H43N3O7/c1-33(2,3)28-22-42-31(40)27(35-32(41)43-21-24-14-8-5-9-15-24)17-11-10-16-25(30(39)36-28)19-29(38)34-26(20-37)18-23-12-6-4-7-13-23/h4-15,25-28,37H,16-22H2,1-3H3,(H,34,38)(H,35,41)(H,36,39)/t25-,26+,27-,28-/m1/s1. The van der Waals surface area contributed by atoms with E-state index < -0.39 is 41.5 Å². The summed E-state index contributed by atoms with van der Waals surface area (Å²) in [6, 6.07) is 16.7. The lowest BCUT2D eigenvalue weighted by Gasteiger charge is -2.33. The molecule has 3 rings (SSSR count). The van der Waals surface area contributed by atoms with Gasteiger partial charge < -0.3 is 30.5 Å². The Morgan fingerprint density at radius 2 is 1.63 bits per heavy atom. The number of amides is 3. The van der Waals surface area contributed by atoms with E-state index in [9.17, 15) is 24.3 Å². The maximum Gasteiger partial charge on any atom is 0.408 e. The van der Waals surface area contributed by atoms with E-state index in [-0.39, 0.29) is 50.9 Å². The zero-order valence-corrected chi connectivity index (χ0v) is 25.1. The van der Waals surface area contributed by atoms with Gasteiger partial charge in [-0.1, -0.05) is 93.6 Å². The van der Waals surface area contributed by atoms with Crippen LogP contribution < -0.4 is 16.0 Å². The zero-order chi connectivity index (χ0) is 31.2. The summed E-state index contributed by atoms with van der Waals surface area (Å²) in [4.78, 5) is 51.8. The number of ether oxygens (including phenoxy) is 2. The Morgan fingerprint density at radius 1 is 1.00 bits per heavy atom. The highest BCUT2D eigenvalue weighted by Gasteiger charge is 2.33. The SMILES string of the molecule is CC(C)(C)[C@H]1COC(=O)[C@H](NC(=O)OCc2ccccc2)CC=CC[C@H](CC(=O)N[C@H](CO)Cc2ccccc2)C(=O)N1. The number of allylic oxidation sites excluding steroid dienone is 1. The van der Waals surface area contributed by atoms with Gasteiger partial charge in [-0.2, -0.15) is 0 Å². The van der Waals surface area contributed by atoms with Gasteiger partial charge in [-0.25, -0.2) is 9.59 Å². The Balaban J connectivity index is 1.68. The van der Waals surface area contributed by atoms with Gasteiger partial charge in [-0.3, -0.25) is 9.59 Å². The molecule has 0 saturated heterocycles. The van der Waals surface area contributed by atoms with E-state index in [2.05, 4.69) is 16.0 Å². The molecular formula is C33H43N3O7. The van der Waals surface area contributed by atoms with Gasteiger partial charge in [0.05, 0.1) is 24.6 Å². The first-order valence-corrected chi connectivity index (χ1v) is 14.6. The van der Waals surface area contributed by atoms with Crippen LogP contribution in [0.2, 0.25) is 0 Å². The van der Waals surface area contributed by atoms with Crippen molar-refractivity contribution < 1.29 is 33.8 Å². The predicted octanol–water partition coefficient (Wildman–Crippen LogP) is 3.43. The third-order valence-electron chi connectivity index (χ3n) is 7.22. The molecule has 1 heterocycles. The lowest BCUT2D eigenvalue weighted by molar-refractivity contribution is -0.148. The number of carbonyl (C=O) groups excluding carboxylic acids is 4. The molecular weight excluding hydrogens is 550 g/mol. The fourth-order valence-electron chi connectivity index (χ4n) is 4.53. The minimum atomic E-state index is -1.000. The Bertz CT molecular complexity index is 1230. The number of nitrogens with one attached hydrogen (secondary N) is 3. The van der Waals surface area contributed by atoms with E-state index in [1.54, 1.807) is 12.2 Å². The van der Waals surface area contributed by atoms with Crippen LogP contribution in [0, 0.1) is 11.3 Å². The maximum atomic E-state index is 13.4. The maximum absolute atomic E-state index is 13.4. The molecule has 0 aromatic heterocycles. The molecule has 10 nitrogen and oxygen atoms in total. The Labute approximate surface area is 253 Å². The number of aliphatic hydroxyl groups excluding tert-OH is 1. The van der Waals surface area contributed by atoms with Crippen molar-refractivity contribution in [3.05, 3.63) is 83.9 Å². The minimum Gasteiger partial charge on any atom is -0.462 e. The number of rotatable bonds is 9. The van der Waals surface area contributed by atoms with Crippen molar-refractivity contribution in [3.63, 3.8) is 0 Å². The zero-order valence-electron chi connectivity index (χ0n) is 25.1. The van der Waals surface area contributed by atoms with Crippen molar-refractivity contribution in [2.45, 2.75) is 71.2 Å². The summed E-state index contributed by atoms with van der Waals surface area (Å²) in [7, 11) is 0. The van der Waals surface area contributed by atoms with Gasteiger partial charge in [-0.15, -0.1) is 0 Å². The average molecular weight is 594 g/mol. The van der Waals surface area contributed by atoms with E-state index in [1.807, 2.05) is 81.4 Å². The second-order valence-corrected chi connectivity index (χ2v) is 11.8. The second kappa shape index (κ2) is 16.5. The first kappa shape index (κ1) is 33.3. The molecule has 0 aliphatic carbocycles. The molecule has 1 aliphatic heterocycles.